The Morgan fingerprint density at radius 3 is 2.32 bits per heavy atom. The first kappa shape index (κ1) is 35.5. The van der Waals surface area contributed by atoms with Crippen LogP contribution in [0.25, 0.3) is 0 Å². The molecular weight excluding hydrogens is 522 g/mol. The second-order valence-corrected chi connectivity index (χ2v) is 11.1. The Labute approximate surface area is 246 Å². The summed E-state index contributed by atoms with van der Waals surface area (Å²) in [6.45, 7) is 13.4. The van der Waals surface area contributed by atoms with Gasteiger partial charge in [0.25, 0.3) is 0 Å². The van der Waals surface area contributed by atoms with Gasteiger partial charge in [-0.25, -0.2) is 4.79 Å². The van der Waals surface area contributed by atoms with E-state index in [2.05, 4.69) is 23.5 Å². The van der Waals surface area contributed by atoms with Crippen LogP contribution >= 0.6 is 0 Å². The predicted octanol–water partition coefficient (Wildman–Crippen LogP) is 5.13. The molecule has 0 aliphatic heterocycles. The number of unbranched alkanes of at least 4 members (excludes halogenated alkanes) is 3. The molecule has 0 saturated heterocycles. The van der Waals surface area contributed by atoms with Gasteiger partial charge >= 0.3 is 12.1 Å². The molecule has 0 saturated carbocycles. The maximum Gasteiger partial charge on any atom is 0.408 e. The number of rotatable bonds is 16. The second kappa shape index (κ2) is 18.0. The van der Waals surface area contributed by atoms with Crippen molar-refractivity contribution >= 4 is 23.9 Å². The lowest BCUT2D eigenvalue weighted by Crippen LogP contribution is -2.55. The van der Waals surface area contributed by atoms with Crippen LogP contribution in [0.5, 0.6) is 0 Å². The average molecular weight is 572 g/mol. The van der Waals surface area contributed by atoms with Crippen molar-refractivity contribution in [2.45, 2.75) is 105 Å². The Morgan fingerprint density at radius 2 is 1.73 bits per heavy atom. The van der Waals surface area contributed by atoms with E-state index in [1.165, 1.54) is 4.90 Å². The van der Waals surface area contributed by atoms with E-state index in [9.17, 15) is 19.2 Å². The molecule has 9 nitrogen and oxygen atoms in total. The summed E-state index contributed by atoms with van der Waals surface area (Å²) >= 11 is 0. The molecule has 9 heteroatoms. The third kappa shape index (κ3) is 12.2. The molecule has 228 valence electrons. The number of ether oxygens (including phenoxy) is 2. The fraction of sp³-hybridized carbons (Fsp3) is 0.625. The first-order valence-electron chi connectivity index (χ1n) is 14.7. The van der Waals surface area contributed by atoms with Gasteiger partial charge in [-0.15, -0.1) is 6.42 Å². The molecule has 0 bridgehead atoms. The summed E-state index contributed by atoms with van der Waals surface area (Å²) in [4.78, 5) is 54.4. The summed E-state index contributed by atoms with van der Waals surface area (Å²) in [5.74, 6) is 1.08. The zero-order valence-corrected chi connectivity index (χ0v) is 25.9. The molecule has 3 atom stereocenters. The van der Waals surface area contributed by atoms with Crippen molar-refractivity contribution in [3.63, 3.8) is 0 Å². The zero-order chi connectivity index (χ0) is 31.0. The van der Waals surface area contributed by atoms with Crippen LogP contribution in [-0.4, -0.2) is 60.1 Å². The highest BCUT2D eigenvalue weighted by molar-refractivity contribution is 5.92. The highest BCUT2D eigenvalue weighted by Gasteiger charge is 2.38. The van der Waals surface area contributed by atoms with Gasteiger partial charge in [0.2, 0.25) is 11.8 Å². The lowest BCUT2D eigenvalue weighted by atomic mass is 9.94. The number of nitrogens with zero attached hydrogens (tertiary/aromatic N) is 1. The average Bonchev–Trinajstić information content (AvgIpc) is 2.91. The van der Waals surface area contributed by atoms with Crippen LogP contribution in [0.2, 0.25) is 0 Å². The number of benzene rings is 1. The molecule has 41 heavy (non-hydrogen) atoms. The fourth-order valence-corrected chi connectivity index (χ4v) is 4.31. The minimum atomic E-state index is -1.08. The minimum Gasteiger partial charge on any atom is -0.466 e. The van der Waals surface area contributed by atoms with Gasteiger partial charge in [0, 0.05) is 18.7 Å². The van der Waals surface area contributed by atoms with E-state index >= 15 is 0 Å². The monoisotopic (exact) mass is 571 g/mol. The lowest BCUT2D eigenvalue weighted by Gasteiger charge is -2.36. The summed E-state index contributed by atoms with van der Waals surface area (Å²) in [6.07, 6.45) is 9.20. The number of carbonyl (C=O) groups is 4. The van der Waals surface area contributed by atoms with Crippen LogP contribution in [0.3, 0.4) is 0 Å². The molecule has 0 fully saturated rings. The number of amides is 3. The number of terminal acetylenes is 1. The summed E-state index contributed by atoms with van der Waals surface area (Å²) in [7, 11) is 0. The predicted molar refractivity (Wildman–Crippen MR) is 160 cm³/mol. The zero-order valence-electron chi connectivity index (χ0n) is 25.9. The van der Waals surface area contributed by atoms with Crippen LogP contribution in [0.1, 0.15) is 104 Å². The third-order valence-electron chi connectivity index (χ3n) is 6.59. The fourth-order valence-electron chi connectivity index (χ4n) is 4.31. The number of carbonyl (C=O) groups excluding carboxylic acids is 4. The van der Waals surface area contributed by atoms with Crippen molar-refractivity contribution in [2.24, 2.45) is 5.92 Å². The maximum absolute atomic E-state index is 14.3. The van der Waals surface area contributed by atoms with Crippen LogP contribution in [0, 0.1) is 18.3 Å². The number of hydrogen-bond donors (Lipinski definition) is 2. The molecule has 0 spiro atoms. The highest BCUT2D eigenvalue weighted by Crippen LogP contribution is 2.28. The SMILES string of the molecule is C#Cc1ccccc1C(C(=O)NCCC(=O)OCC)N(CCCCCC)C(=O)C(NC(=O)OC(C)(C)C)C(C)CC. The Hall–Kier alpha value is -3.54. The number of alkyl carbamates (subject to hydrolysis) is 1. The van der Waals surface area contributed by atoms with Gasteiger partial charge in [0.15, 0.2) is 0 Å². The molecule has 0 radical (unpaired) electrons. The normalized spacial score (nSPS) is 13.2. The maximum atomic E-state index is 14.3. The van der Waals surface area contributed by atoms with Crippen LogP contribution < -0.4 is 10.6 Å². The van der Waals surface area contributed by atoms with Crippen molar-refractivity contribution in [1.82, 2.24) is 15.5 Å². The standard InChI is InChI=1S/C32H49N3O6/c1-9-13-14-17-22-35(30(38)27(23(5)10-2)34-31(39)41-32(6,7)8)28(25-19-16-15-18-24(25)11-3)29(37)33-21-20-26(36)40-12-4/h3,15-16,18-19,23,27-28H,9-10,12-14,17,20-22H2,1-2,4-8H3,(H,33,37)(H,34,39). The Kier molecular flexibility index (Phi) is 15.6. The molecular formula is C32H49N3O6. The quantitative estimate of drug-likeness (QED) is 0.162. The summed E-state index contributed by atoms with van der Waals surface area (Å²) in [5, 5.41) is 5.57. The second-order valence-electron chi connectivity index (χ2n) is 11.1. The molecule has 1 aromatic rings. The van der Waals surface area contributed by atoms with Gasteiger partial charge in [-0.3, -0.25) is 14.4 Å². The molecule has 0 heterocycles. The number of nitrogens with one attached hydrogen (secondary N) is 2. The number of hydrogen-bond acceptors (Lipinski definition) is 6. The summed E-state index contributed by atoms with van der Waals surface area (Å²) in [6, 6.07) is 4.98. The van der Waals surface area contributed by atoms with E-state index in [4.69, 9.17) is 15.9 Å². The molecule has 2 N–H and O–H groups in total. The molecule has 0 aliphatic carbocycles. The summed E-state index contributed by atoms with van der Waals surface area (Å²) in [5.41, 5.74) is 0.220. The van der Waals surface area contributed by atoms with Crippen LogP contribution in [-0.2, 0) is 23.9 Å². The van der Waals surface area contributed by atoms with Gasteiger partial charge in [0.05, 0.1) is 13.0 Å². The first-order valence-corrected chi connectivity index (χ1v) is 14.7. The van der Waals surface area contributed by atoms with E-state index in [1.54, 1.807) is 52.0 Å². The Morgan fingerprint density at radius 1 is 1.05 bits per heavy atom. The number of esters is 1. The van der Waals surface area contributed by atoms with Crippen LogP contribution in [0.4, 0.5) is 4.79 Å². The van der Waals surface area contributed by atoms with Crippen molar-refractivity contribution < 1.29 is 28.7 Å². The van der Waals surface area contributed by atoms with E-state index < -0.39 is 41.6 Å². The van der Waals surface area contributed by atoms with E-state index in [-0.39, 0.29) is 32.0 Å². The van der Waals surface area contributed by atoms with Gasteiger partial charge in [-0.05, 0) is 51.7 Å². The van der Waals surface area contributed by atoms with Crippen molar-refractivity contribution in [2.75, 3.05) is 19.7 Å². The molecule has 1 rings (SSSR count). The van der Waals surface area contributed by atoms with Gasteiger partial charge in [-0.1, -0.05) is 70.6 Å². The molecule has 0 aromatic heterocycles. The highest BCUT2D eigenvalue weighted by atomic mass is 16.6. The van der Waals surface area contributed by atoms with E-state index in [0.717, 1.165) is 19.3 Å². The van der Waals surface area contributed by atoms with Crippen LogP contribution in [0.15, 0.2) is 24.3 Å². The van der Waals surface area contributed by atoms with Gasteiger partial charge in [-0.2, -0.15) is 0 Å². The van der Waals surface area contributed by atoms with Crippen molar-refractivity contribution in [3.8, 4) is 12.3 Å². The first-order chi connectivity index (χ1) is 19.4. The van der Waals surface area contributed by atoms with Gasteiger partial charge in [0.1, 0.15) is 17.7 Å². The van der Waals surface area contributed by atoms with E-state index in [1.807, 2.05) is 13.8 Å². The molecule has 3 amide bonds. The van der Waals surface area contributed by atoms with Crippen molar-refractivity contribution in [1.29, 1.82) is 0 Å². The topological polar surface area (TPSA) is 114 Å². The third-order valence-corrected chi connectivity index (χ3v) is 6.59. The molecule has 1 aromatic carbocycles. The van der Waals surface area contributed by atoms with Crippen molar-refractivity contribution in [3.05, 3.63) is 35.4 Å². The smallest absolute Gasteiger partial charge is 0.408 e. The molecule has 0 aliphatic rings. The minimum absolute atomic E-state index is 0.0107. The largest absolute Gasteiger partial charge is 0.466 e. The molecule has 3 unspecified atom stereocenters. The lowest BCUT2D eigenvalue weighted by molar-refractivity contribution is -0.145. The van der Waals surface area contributed by atoms with E-state index in [0.29, 0.717) is 24.0 Å². The Balaban J connectivity index is 3.55. The van der Waals surface area contributed by atoms with Gasteiger partial charge < -0.3 is 25.0 Å². The Bertz CT molecular complexity index is 1040. The summed E-state index contributed by atoms with van der Waals surface area (Å²) < 4.78 is 10.4.